The van der Waals surface area contributed by atoms with Crippen LogP contribution in [0.2, 0.25) is 0 Å². The number of nitrogens with one attached hydrogen (secondary N) is 2. The van der Waals surface area contributed by atoms with E-state index in [-0.39, 0.29) is 35.8 Å². The second-order valence-electron chi connectivity index (χ2n) is 7.54. The summed E-state index contributed by atoms with van der Waals surface area (Å²) in [4.78, 5) is 9.21. The van der Waals surface area contributed by atoms with Gasteiger partial charge in [0.1, 0.15) is 5.82 Å². The Balaban J connectivity index is 0.00000364. The van der Waals surface area contributed by atoms with Crippen molar-refractivity contribution >= 4 is 29.9 Å². The molecule has 0 amide bonds. The van der Waals surface area contributed by atoms with E-state index in [9.17, 15) is 4.39 Å². The second kappa shape index (κ2) is 11.8. The van der Waals surface area contributed by atoms with Crippen molar-refractivity contribution in [2.75, 3.05) is 53.4 Å². The van der Waals surface area contributed by atoms with Crippen LogP contribution in [0.1, 0.15) is 31.0 Å². The minimum absolute atomic E-state index is 0. The standard InChI is InChI=1S/C20H34FN5.HI/c1-15(14-26-10-8-25(5)9-11-26)13-23-20(22-4)24-17(3)18-7-6-16(2)19(21)12-18;/h6-7,12,15,17H,8-11,13-14H2,1-5H3,(H2,22,23,24);1H. The van der Waals surface area contributed by atoms with Crippen molar-refractivity contribution < 1.29 is 4.39 Å². The fourth-order valence-corrected chi connectivity index (χ4v) is 3.17. The van der Waals surface area contributed by atoms with Crippen LogP contribution in [0.3, 0.4) is 0 Å². The van der Waals surface area contributed by atoms with Gasteiger partial charge in [-0.1, -0.05) is 19.1 Å². The number of guanidine groups is 1. The van der Waals surface area contributed by atoms with Gasteiger partial charge in [0.05, 0.1) is 6.04 Å². The van der Waals surface area contributed by atoms with Gasteiger partial charge in [0.2, 0.25) is 0 Å². The summed E-state index contributed by atoms with van der Waals surface area (Å²) in [5.41, 5.74) is 1.59. The summed E-state index contributed by atoms with van der Waals surface area (Å²) < 4.78 is 13.8. The first-order valence-corrected chi connectivity index (χ1v) is 9.53. The van der Waals surface area contributed by atoms with E-state index >= 15 is 0 Å². The quantitative estimate of drug-likeness (QED) is 0.365. The van der Waals surface area contributed by atoms with Crippen molar-refractivity contribution in [1.82, 2.24) is 20.4 Å². The molecule has 1 heterocycles. The Morgan fingerprint density at radius 1 is 1.22 bits per heavy atom. The molecule has 2 N–H and O–H groups in total. The van der Waals surface area contributed by atoms with E-state index in [1.807, 2.05) is 19.1 Å². The number of hydrogen-bond acceptors (Lipinski definition) is 3. The smallest absolute Gasteiger partial charge is 0.191 e. The van der Waals surface area contributed by atoms with E-state index in [0.29, 0.717) is 11.5 Å². The number of piperazine rings is 1. The number of aliphatic imine (C=N–C) groups is 1. The van der Waals surface area contributed by atoms with Crippen LogP contribution < -0.4 is 10.6 Å². The molecule has 0 aromatic heterocycles. The van der Waals surface area contributed by atoms with Gasteiger partial charge in [-0.3, -0.25) is 4.99 Å². The number of hydrogen-bond donors (Lipinski definition) is 2. The van der Waals surface area contributed by atoms with Gasteiger partial charge in [-0.15, -0.1) is 24.0 Å². The molecular weight excluding hydrogens is 456 g/mol. The summed E-state index contributed by atoms with van der Waals surface area (Å²) in [5.74, 6) is 1.12. The molecule has 1 aliphatic heterocycles. The third-order valence-electron chi connectivity index (χ3n) is 5.06. The van der Waals surface area contributed by atoms with Crippen molar-refractivity contribution in [1.29, 1.82) is 0 Å². The van der Waals surface area contributed by atoms with Gasteiger partial charge >= 0.3 is 0 Å². The highest BCUT2D eigenvalue weighted by Crippen LogP contribution is 2.16. The summed E-state index contributed by atoms with van der Waals surface area (Å²) in [6.07, 6.45) is 0. The van der Waals surface area contributed by atoms with Gasteiger partial charge in [-0.05, 0) is 44.0 Å². The molecule has 27 heavy (non-hydrogen) atoms. The highest BCUT2D eigenvalue weighted by Gasteiger charge is 2.16. The molecule has 0 aliphatic carbocycles. The highest BCUT2D eigenvalue weighted by atomic mass is 127. The van der Waals surface area contributed by atoms with Crippen molar-refractivity contribution in [2.45, 2.75) is 26.8 Å². The van der Waals surface area contributed by atoms with Crippen LogP contribution in [-0.2, 0) is 0 Å². The topological polar surface area (TPSA) is 42.9 Å². The molecule has 0 spiro atoms. The monoisotopic (exact) mass is 491 g/mol. The van der Waals surface area contributed by atoms with Gasteiger partial charge < -0.3 is 20.4 Å². The van der Waals surface area contributed by atoms with Crippen LogP contribution in [0.15, 0.2) is 23.2 Å². The Morgan fingerprint density at radius 3 is 2.48 bits per heavy atom. The van der Waals surface area contributed by atoms with Crippen LogP contribution in [-0.4, -0.2) is 69.1 Å². The molecule has 5 nitrogen and oxygen atoms in total. The molecule has 2 rings (SSSR count). The summed E-state index contributed by atoms with van der Waals surface area (Å²) in [7, 11) is 3.95. The average molecular weight is 491 g/mol. The molecule has 0 saturated carbocycles. The van der Waals surface area contributed by atoms with E-state index in [1.54, 1.807) is 20.0 Å². The first-order valence-electron chi connectivity index (χ1n) is 9.53. The Kier molecular flexibility index (Phi) is 10.5. The predicted molar refractivity (Wildman–Crippen MR) is 123 cm³/mol. The lowest BCUT2D eigenvalue weighted by Gasteiger charge is -2.34. The van der Waals surface area contributed by atoms with E-state index in [1.165, 1.54) is 0 Å². The van der Waals surface area contributed by atoms with Crippen molar-refractivity contribution in [2.24, 2.45) is 10.9 Å². The lowest BCUT2D eigenvalue weighted by molar-refractivity contribution is 0.139. The fraction of sp³-hybridized carbons (Fsp3) is 0.650. The maximum Gasteiger partial charge on any atom is 0.191 e. The molecule has 2 atom stereocenters. The number of aryl methyl sites for hydroxylation is 1. The molecule has 1 fully saturated rings. The lowest BCUT2D eigenvalue weighted by atomic mass is 10.1. The third kappa shape index (κ3) is 7.91. The zero-order valence-corrected chi connectivity index (χ0v) is 19.6. The van der Waals surface area contributed by atoms with Crippen LogP contribution in [0.25, 0.3) is 0 Å². The van der Waals surface area contributed by atoms with Gasteiger partial charge in [0.15, 0.2) is 5.96 Å². The van der Waals surface area contributed by atoms with Crippen molar-refractivity contribution in [3.05, 3.63) is 35.1 Å². The molecular formula is C20H35FIN5. The summed E-state index contributed by atoms with van der Waals surface area (Å²) >= 11 is 0. The third-order valence-corrected chi connectivity index (χ3v) is 5.06. The first-order chi connectivity index (χ1) is 12.4. The second-order valence-corrected chi connectivity index (χ2v) is 7.54. The molecule has 2 unspecified atom stereocenters. The van der Waals surface area contributed by atoms with Gasteiger partial charge in [0.25, 0.3) is 0 Å². The van der Waals surface area contributed by atoms with Gasteiger partial charge in [-0.2, -0.15) is 0 Å². The SMILES string of the molecule is CN=C(NCC(C)CN1CCN(C)CC1)NC(C)c1ccc(C)c(F)c1.I. The number of nitrogens with zero attached hydrogens (tertiary/aromatic N) is 3. The first kappa shape index (κ1) is 24.1. The largest absolute Gasteiger partial charge is 0.356 e. The molecule has 1 aromatic rings. The molecule has 0 radical (unpaired) electrons. The molecule has 0 bridgehead atoms. The van der Waals surface area contributed by atoms with E-state index in [2.05, 4.69) is 39.4 Å². The van der Waals surface area contributed by atoms with Crippen LogP contribution in [0.4, 0.5) is 4.39 Å². The zero-order chi connectivity index (χ0) is 19.1. The van der Waals surface area contributed by atoms with Crippen molar-refractivity contribution in [3.63, 3.8) is 0 Å². The van der Waals surface area contributed by atoms with Crippen molar-refractivity contribution in [3.8, 4) is 0 Å². The number of likely N-dealkylation sites (N-methyl/N-ethyl adjacent to an activating group) is 1. The highest BCUT2D eigenvalue weighted by molar-refractivity contribution is 14.0. The average Bonchev–Trinajstić information content (AvgIpc) is 2.62. The van der Waals surface area contributed by atoms with Crippen LogP contribution >= 0.6 is 24.0 Å². The molecule has 7 heteroatoms. The predicted octanol–water partition coefficient (Wildman–Crippen LogP) is 2.86. The molecule has 1 aliphatic rings. The van der Waals surface area contributed by atoms with E-state index in [0.717, 1.165) is 50.8 Å². The minimum Gasteiger partial charge on any atom is -0.356 e. The Morgan fingerprint density at radius 2 is 1.89 bits per heavy atom. The summed E-state index contributed by atoms with van der Waals surface area (Å²) in [6, 6.07) is 5.36. The van der Waals surface area contributed by atoms with Crippen LogP contribution in [0, 0.1) is 18.7 Å². The van der Waals surface area contributed by atoms with Crippen LogP contribution in [0.5, 0.6) is 0 Å². The maximum absolute atomic E-state index is 13.8. The Labute approximate surface area is 180 Å². The minimum atomic E-state index is -0.167. The van der Waals surface area contributed by atoms with Gasteiger partial charge in [-0.25, -0.2) is 4.39 Å². The summed E-state index contributed by atoms with van der Waals surface area (Å²) in [5, 5.41) is 6.75. The number of rotatable bonds is 6. The molecule has 1 saturated heterocycles. The van der Waals surface area contributed by atoms with Gasteiger partial charge in [0, 0.05) is 46.3 Å². The Bertz CT molecular complexity index is 602. The number of benzene rings is 1. The molecule has 1 aromatic carbocycles. The fourth-order valence-electron chi connectivity index (χ4n) is 3.17. The normalized spacial score (nSPS) is 18.5. The maximum atomic E-state index is 13.8. The van der Waals surface area contributed by atoms with E-state index in [4.69, 9.17) is 0 Å². The zero-order valence-electron chi connectivity index (χ0n) is 17.3. The van der Waals surface area contributed by atoms with E-state index < -0.39 is 0 Å². The summed E-state index contributed by atoms with van der Waals surface area (Å²) in [6.45, 7) is 12.6. The Hall–Kier alpha value is -0.930. The lowest BCUT2D eigenvalue weighted by Crippen LogP contribution is -2.47. The number of halogens is 2. The molecule has 154 valence electrons.